The molecule has 0 aliphatic rings. The number of rotatable bonds is 4. The van der Waals surface area contributed by atoms with Gasteiger partial charge in [0, 0.05) is 12.6 Å². The molecule has 0 radical (unpaired) electrons. The number of hydrogen-bond acceptors (Lipinski definition) is 3. The third kappa shape index (κ3) is 3.62. The number of nitrogens with one attached hydrogen (secondary N) is 1. The maximum Gasteiger partial charge on any atom is 0.282 e. The minimum atomic E-state index is -0.707. The Morgan fingerprint density at radius 1 is 1.29 bits per heavy atom. The first kappa shape index (κ1) is 14.6. The summed E-state index contributed by atoms with van der Waals surface area (Å²) < 4.78 is 13.2. The van der Waals surface area contributed by atoms with Crippen LogP contribution in [0.3, 0.4) is 0 Å². The Hall–Kier alpha value is -2.76. The zero-order valence-corrected chi connectivity index (χ0v) is 11.3. The lowest BCUT2D eigenvalue weighted by molar-refractivity contribution is -0.385. The van der Waals surface area contributed by atoms with Crippen molar-refractivity contribution in [2.45, 2.75) is 13.5 Å². The van der Waals surface area contributed by atoms with Crippen LogP contribution in [0, 0.1) is 22.9 Å². The van der Waals surface area contributed by atoms with Crippen molar-refractivity contribution in [2.24, 2.45) is 0 Å². The number of halogens is 1. The van der Waals surface area contributed by atoms with Crippen LogP contribution in [0.15, 0.2) is 42.5 Å². The number of nitrogens with zero attached hydrogens (tertiary/aromatic N) is 1. The molecule has 0 aromatic heterocycles. The van der Waals surface area contributed by atoms with Gasteiger partial charge in [0.2, 0.25) is 0 Å². The molecule has 0 aliphatic heterocycles. The Balaban J connectivity index is 2.17. The topological polar surface area (TPSA) is 72.2 Å². The fourth-order valence-corrected chi connectivity index (χ4v) is 1.95. The van der Waals surface area contributed by atoms with Crippen LogP contribution in [0.2, 0.25) is 0 Å². The van der Waals surface area contributed by atoms with E-state index in [-0.39, 0.29) is 12.1 Å². The minimum Gasteiger partial charge on any atom is -0.348 e. The van der Waals surface area contributed by atoms with Crippen LogP contribution in [0.1, 0.15) is 21.5 Å². The summed E-state index contributed by atoms with van der Waals surface area (Å²) in [6.07, 6.45) is 0. The maximum absolute atomic E-state index is 13.2. The number of aryl methyl sites for hydroxylation is 1. The lowest BCUT2D eigenvalue weighted by Gasteiger charge is -2.07. The molecule has 5 nitrogen and oxygen atoms in total. The van der Waals surface area contributed by atoms with E-state index in [2.05, 4.69) is 5.32 Å². The van der Waals surface area contributed by atoms with Gasteiger partial charge in [-0.1, -0.05) is 29.8 Å². The van der Waals surface area contributed by atoms with Gasteiger partial charge in [-0.15, -0.1) is 0 Å². The van der Waals surface area contributed by atoms with E-state index in [0.29, 0.717) is 0 Å². The highest BCUT2D eigenvalue weighted by Gasteiger charge is 2.20. The first-order valence-corrected chi connectivity index (χ1v) is 6.25. The zero-order chi connectivity index (χ0) is 15.4. The van der Waals surface area contributed by atoms with Gasteiger partial charge < -0.3 is 5.32 Å². The van der Waals surface area contributed by atoms with Gasteiger partial charge in [-0.3, -0.25) is 14.9 Å². The second kappa shape index (κ2) is 6.13. The number of nitro groups is 1. The second-order valence-electron chi connectivity index (χ2n) is 4.59. The van der Waals surface area contributed by atoms with Crippen LogP contribution in [-0.4, -0.2) is 10.8 Å². The molecule has 0 spiro atoms. The highest BCUT2D eigenvalue weighted by Crippen LogP contribution is 2.19. The average molecular weight is 288 g/mol. The van der Waals surface area contributed by atoms with E-state index in [1.54, 1.807) is 0 Å². The largest absolute Gasteiger partial charge is 0.348 e. The highest BCUT2D eigenvalue weighted by molar-refractivity contribution is 5.98. The molecule has 108 valence electrons. The minimum absolute atomic E-state index is 0.216. The summed E-state index contributed by atoms with van der Waals surface area (Å²) in [4.78, 5) is 22.2. The number of carbonyl (C=O) groups is 1. The number of hydrogen-bond donors (Lipinski definition) is 1. The molecule has 6 heteroatoms. The number of benzene rings is 2. The van der Waals surface area contributed by atoms with E-state index in [9.17, 15) is 19.3 Å². The third-order valence-electron chi connectivity index (χ3n) is 2.94. The number of amides is 1. The standard InChI is InChI=1S/C15H13FN2O3/c1-10-3-2-4-11(7-10)9-17-15(19)13-8-12(16)5-6-14(13)18(20)21/h2-8H,9H2,1H3,(H,17,19). The van der Waals surface area contributed by atoms with Crippen molar-refractivity contribution in [3.8, 4) is 0 Å². The van der Waals surface area contributed by atoms with Gasteiger partial charge in [0.05, 0.1) is 4.92 Å². The van der Waals surface area contributed by atoms with Crippen molar-refractivity contribution < 1.29 is 14.1 Å². The Bertz CT molecular complexity index is 701. The Kier molecular flexibility index (Phi) is 4.27. The van der Waals surface area contributed by atoms with E-state index in [1.165, 1.54) is 0 Å². The molecule has 0 aliphatic carbocycles. The van der Waals surface area contributed by atoms with Gasteiger partial charge in [-0.05, 0) is 24.6 Å². The van der Waals surface area contributed by atoms with Gasteiger partial charge in [-0.25, -0.2) is 4.39 Å². The van der Waals surface area contributed by atoms with E-state index >= 15 is 0 Å². The van der Waals surface area contributed by atoms with Crippen molar-refractivity contribution in [3.63, 3.8) is 0 Å². The summed E-state index contributed by atoms with van der Waals surface area (Å²) >= 11 is 0. The maximum atomic E-state index is 13.2. The molecule has 0 fully saturated rings. The Morgan fingerprint density at radius 2 is 2.05 bits per heavy atom. The van der Waals surface area contributed by atoms with Crippen molar-refractivity contribution in [3.05, 3.63) is 75.1 Å². The molecule has 1 amide bonds. The molecule has 0 unspecified atom stereocenters. The molecule has 2 rings (SSSR count). The normalized spacial score (nSPS) is 10.2. The second-order valence-corrected chi connectivity index (χ2v) is 4.59. The van der Waals surface area contributed by atoms with Crippen molar-refractivity contribution in [2.75, 3.05) is 0 Å². The quantitative estimate of drug-likeness (QED) is 0.694. The third-order valence-corrected chi connectivity index (χ3v) is 2.94. The number of nitro benzene ring substituents is 1. The summed E-state index contributed by atoms with van der Waals surface area (Å²) in [6, 6.07) is 10.3. The SMILES string of the molecule is Cc1cccc(CNC(=O)c2cc(F)ccc2[N+](=O)[O-])c1. The van der Waals surface area contributed by atoms with Gasteiger partial charge in [-0.2, -0.15) is 0 Å². The van der Waals surface area contributed by atoms with Crippen LogP contribution >= 0.6 is 0 Å². The first-order valence-electron chi connectivity index (χ1n) is 6.25. The first-order chi connectivity index (χ1) is 9.97. The molecule has 0 heterocycles. The van der Waals surface area contributed by atoms with E-state index in [1.807, 2.05) is 31.2 Å². The zero-order valence-electron chi connectivity index (χ0n) is 11.3. The average Bonchev–Trinajstić information content (AvgIpc) is 2.44. The molecule has 0 bridgehead atoms. The van der Waals surface area contributed by atoms with Crippen molar-refractivity contribution >= 4 is 11.6 Å². The number of carbonyl (C=O) groups excluding carboxylic acids is 1. The molecule has 0 saturated carbocycles. The van der Waals surface area contributed by atoms with E-state index in [0.717, 1.165) is 29.3 Å². The summed E-state index contributed by atoms with van der Waals surface area (Å²) in [6.45, 7) is 2.14. The van der Waals surface area contributed by atoms with Crippen LogP contribution in [0.5, 0.6) is 0 Å². The molecule has 2 aromatic carbocycles. The monoisotopic (exact) mass is 288 g/mol. The van der Waals surface area contributed by atoms with Crippen molar-refractivity contribution in [1.82, 2.24) is 5.32 Å². The summed E-state index contributed by atoms with van der Waals surface area (Å²) in [5.41, 5.74) is 1.20. The fourth-order valence-electron chi connectivity index (χ4n) is 1.95. The molecule has 0 saturated heterocycles. The highest BCUT2D eigenvalue weighted by atomic mass is 19.1. The lowest BCUT2D eigenvalue weighted by Crippen LogP contribution is -2.23. The molecule has 2 aromatic rings. The molecule has 21 heavy (non-hydrogen) atoms. The van der Waals surface area contributed by atoms with Crippen molar-refractivity contribution in [1.29, 1.82) is 0 Å². The molecule has 1 N–H and O–H groups in total. The molecule has 0 atom stereocenters. The molecular formula is C15H13FN2O3. The van der Waals surface area contributed by atoms with E-state index in [4.69, 9.17) is 0 Å². The Labute approximate surface area is 120 Å². The van der Waals surface area contributed by atoms with Gasteiger partial charge >= 0.3 is 0 Å². The van der Waals surface area contributed by atoms with Crippen LogP contribution in [0.4, 0.5) is 10.1 Å². The predicted molar refractivity (Wildman–Crippen MR) is 75.4 cm³/mol. The van der Waals surface area contributed by atoms with E-state index < -0.39 is 22.3 Å². The summed E-state index contributed by atoms with van der Waals surface area (Å²) in [5, 5.41) is 13.4. The van der Waals surface area contributed by atoms with Gasteiger partial charge in [0.25, 0.3) is 11.6 Å². The Morgan fingerprint density at radius 3 is 2.71 bits per heavy atom. The lowest BCUT2D eigenvalue weighted by atomic mass is 10.1. The summed E-state index contributed by atoms with van der Waals surface area (Å²) in [5.74, 6) is -1.37. The smallest absolute Gasteiger partial charge is 0.282 e. The van der Waals surface area contributed by atoms with Crippen LogP contribution in [-0.2, 0) is 6.54 Å². The van der Waals surface area contributed by atoms with Crippen LogP contribution in [0.25, 0.3) is 0 Å². The fraction of sp³-hybridized carbons (Fsp3) is 0.133. The summed E-state index contributed by atoms with van der Waals surface area (Å²) in [7, 11) is 0. The van der Waals surface area contributed by atoms with Gasteiger partial charge in [0.15, 0.2) is 0 Å². The van der Waals surface area contributed by atoms with Gasteiger partial charge in [0.1, 0.15) is 11.4 Å². The predicted octanol–water partition coefficient (Wildman–Crippen LogP) is 2.97. The van der Waals surface area contributed by atoms with Crippen LogP contribution < -0.4 is 5.32 Å². The molecular weight excluding hydrogens is 275 g/mol.